The highest BCUT2D eigenvalue weighted by molar-refractivity contribution is 6.33. The molecule has 0 aliphatic rings. The summed E-state index contributed by atoms with van der Waals surface area (Å²) >= 11 is 5.56. The van der Waals surface area contributed by atoms with Crippen LogP contribution in [0.4, 0.5) is 0 Å². The quantitative estimate of drug-likeness (QED) is 0.391. The lowest BCUT2D eigenvalue weighted by Crippen LogP contribution is -2.25. The number of hydrogen-bond donors (Lipinski definition) is 0. The van der Waals surface area contributed by atoms with Crippen molar-refractivity contribution in [2.75, 3.05) is 0 Å². The van der Waals surface area contributed by atoms with Gasteiger partial charge in [0.15, 0.2) is 5.78 Å². The molecule has 0 radical (unpaired) electrons. The average Bonchev–Trinajstić information content (AvgIpc) is 2.03. The second kappa shape index (κ2) is 4.00. The maximum Gasteiger partial charge on any atom is 0.171 e. The normalized spacial score (nSPS) is 9.62. The van der Waals surface area contributed by atoms with Gasteiger partial charge in [-0.15, -0.1) is 0 Å². The molecule has 0 aliphatic carbocycles. The molecule has 13 heavy (non-hydrogen) atoms. The number of ketones is 1. The van der Waals surface area contributed by atoms with Gasteiger partial charge in [-0.25, -0.2) is 4.98 Å². The van der Waals surface area contributed by atoms with Crippen molar-refractivity contribution >= 4 is 23.4 Å². The number of carboxylic acid groups (broad SMARTS) is 1. The Bertz CT molecular complexity index is 351. The zero-order valence-electron chi connectivity index (χ0n) is 6.49. The monoisotopic (exact) mass is 198 g/mol. The van der Waals surface area contributed by atoms with E-state index in [2.05, 4.69) is 4.98 Å². The Kier molecular flexibility index (Phi) is 2.97. The molecule has 1 rings (SSSR count). The van der Waals surface area contributed by atoms with E-state index in [0.29, 0.717) is 0 Å². The van der Waals surface area contributed by atoms with Gasteiger partial charge in [0.25, 0.3) is 0 Å². The largest absolute Gasteiger partial charge is 0.550 e. The summed E-state index contributed by atoms with van der Waals surface area (Å²) in [5.41, 5.74) is 0.105. The van der Waals surface area contributed by atoms with E-state index in [1.807, 2.05) is 0 Å². The minimum Gasteiger partial charge on any atom is -0.550 e. The molecule has 68 valence electrons. The summed E-state index contributed by atoms with van der Waals surface area (Å²) in [5, 5.41) is 10.1. The molecule has 0 unspecified atom stereocenters. The van der Waals surface area contributed by atoms with Crippen molar-refractivity contribution in [3.05, 3.63) is 29.0 Å². The number of carbonyl (C=O) groups excluding carboxylic acids is 2. The van der Waals surface area contributed by atoms with Crippen LogP contribution in [0.2, 0.25) is 5.15 Å². The Morgan fingerprint density at radius 1 is 1.54 bits per heavy atom. The van der Waals surface area contributed by atoms with Crippen LogP contribution in [0, 0.1) is 0 Å². The summed E-state index contributed by atoms with van der Waals surface area (Å²) in [4.78, 5) is 24.9. The van der Waals surface area contributed by atoms with Gasteiger partial charge in [-0.05, 0) is 12.1 Å². The van der Waals surface area contributed by atoms with Gasteiger partial charge >= 0.3 is 0 Å². The Morgan fingerprint density at radius 2 is 2.23 bits per heavy atom. The lowest BCUT2D eigenvalue weighted by atomic mass is 10.1. The lowest BCUT2D eigenvalue weighted by Gasteiger charge is -2.02. The number of carbonyl (C=O) groups is 2. The molecule has 0 amide bonds. The Morgan fingerprint density at radius 3 is 2.77 bits per heavy atom. The van der Waals surface area contributed by atoms with Crippen LogP contribution in [0.3, 0.4) is 0 Å². The van der Waals surface area contributed by atoms with Crippen molar-refractivity contribution < 1.29 is 14.7 Å². The van der Waals surface area contributed by atoms with Crippen LogP contribution in [0.25, 0.3) is 0 Å². The summed E-state index contributed by atoms with van der Waals surface area (Å²) in [5.74, 6) is -2.02. The first-order chi connectivity index (χ1) is 6.11. The molecule has 5 heteroatoms. The third-order valence-corrected chi connectivity index (χ3v) is 1.67. The smallest absolute Gasteiger partial charge is 0.171 e. The van der Waals surface area contributed by atoms with Gasteiger partial charge in [0, 0.05) is 12.2 Å². The SMILES string of the molecule is O=C([O-])CC(=O)c1cccnc1Cl. The van der Waals surface area contributed by atoms with Gasteiger partial charge in [0.05, 0.1) is 12.0 Å². The van der Waals surface area contributed by atoms with Crippen LogP contribution < -0.4 is 5.11 Å². The Balaban J connectivity index is 2.89. The number of halogens is 1. The zero-order chi connectivity index (χ0) is 9.84. The van der Waals surface area contributed by atoms with E-state index >= 15 is 0 Å². The maximum absolute atomic E-state index is 11.1. The van der Waals surface area contributed by atoms with E-state index in [-0.39, 0.29) is 10.7 Å². The van der Waals surface area contributed by atoms with Crippen LogP contribution in [0.15, 0.2) is 18.3 Å². The fraction of sp³-hybridized carbons (Fsp3) is 0.125. The summed E-state index contributed by atoms with van der Waals surface area (Å²) in [6.45, 7) is 0. The number of aromatic nitrogens is 1. The molecule has 1 aromatic rings. The molecule has 1 heterocycles. The van der Waals surface area contributed by atoms with E-state index in [4.69, 9.17) is 11.6 Å². The van der Waals surface area contributed by atoms with E-state index in [9.17, 15) is 14.7 Å². The topological polar surface area (TPSA) is 70.1 Å². The molecular weight excluding hydrogens is 194 g/mol. The van der Waals surface area contributed by atoms with Crippen LogP contribution in [0.5, 0.6) is 0 Å². The van der Waals surface area contributed by atoms with Gasteiger partial charge in [-0.3, -0.25) is 4.79 Å². The summed E-state index contributed by atoms with van der Waals surface area (Å²) in [6, 6.07) is 2.93. The first-order valence-electron chi connectivity index (χ1n) is 3.45. The predicted molar refractivity (Wildman–Crippen MR) is 43.2 cm³/mol. The van der Waals surface area contributed by atoms with Crippen molar-refractivity contribution in [1.29, 1.82) is 0 Å². The van der Waals surface area contributed by atoms with Crippen LogP contribution in [-0.4, -0.2) is 16.7 Å². The molecule has 0 N–H and O–H groups in total. The van der Waals surface area contributed by atoms with E-state index in [0.717, 1.165) is 0 Å². The summed E-state index contributed by atoms with van der Waals surface area (Å²) < 4.78 is 0. The first kappa shape index (κ1) is 9.67. The number of pyridine rings is 1. The fourth-order valence-electron chi connectivity index (χ4n) is 0.820. The van der Waals surface area contributed by atoms with Crippen LogP contribution >= 0.6 is 11.6 Å². The minimum absolute atomic E-state index is 0.00810. The summed E-state index contributed by atoms with van der Waals surface area (Å²) in [6.07, 6.45) is 0.740. The number of aliphatic carboxylic acids is 1. The van der Waals surface area contributed by atoms with Crippen molar-refractivity contribution in [3.8, 4) is 0 Å². The second-order valence-corrected chi connectivity index (χ2v) is 2.67. The van der Waals surface area contributed by atoms with Crippen molar-refractivity contribution in [3.63, 3.8) is 0 Å². The van der Waals surface area contributed by atoms with Crippen LogP contribution in [0.1, 0.15) is 16.8 Å². The molecule has 0 fully saturated rings. The molecule has 0 aliphatic heterocycles. The minimum atomic E-state index is -1.43. The van der Waals surface area contributed by atoms with E-state index < -0.39 is 18.2 Å². The molecule has 0 atom stereocenters. The molecule has 4 nitrogen and oxygen atoms in total. The maximum atomic E-state index is 11.1. The highest BCUT2D eigenvalue weighted by atomic mass is 35.5. The third-order valence-electron chi connectivity index (χ3n) is 1.36. The van der Waals surface area contributed by atoms with E-state index in [1.54, 1.807) is 0 Å². The number of Topliss-reactive ketones (excluding diaryl/α,β-unsaturated/α-hetero) is 1. The Hall–Kier alpha value is -1.42. The molecule has 0 saturated carbocycles. The molecule has 0 saturated heterocycles. The molecule has 0 spiro atoms. The number of rotatable bonds is 3. The van der Waals surface area contributed by atoms with Crippen molar-refractivity contribution in [1.82, 2.24) is 4.98 Å². The standard InChI is InChI=1S/C8H6ClNO3/c9-8-5(2-1-3-10-8)6(11)4-7(12)13/h1-3H,4H2,(H,12,13)/p-1. The summed E-state index contributed by atoms with van der Waals surface area (Å²) in [7, 11) is 0. The molecule has 1 aromatic heterocycles. The molecule has 0 aromatic carbocycles. The predicted octanol–water partition coefficient (Wildman–Crippen LogP) is 0.0577. The third kappa shape index (κ3) is 2.52. The van der Waals surface area contributed by atoms with Gasteiger partial charge in [0.1, 0.15) is 5.15 Å². The fourth-order valence-corrected chi connectivity index (χ4v) is 1.05. The first-order valence-corrected chi connectivity index (χ1v) is 3.82. The lowest BCUT2D eigenvalue weighted by molar-refractivity contribution is -0.304. The van der Waals surface area contributed by atoms with Crippen LogP contribution in [-0.2, 0) is 4.79 Å². The van der Waals surface area contributed by atoms with E-state index in [1.165, 1.54) is 18.3 Å². The highest BCUT2D eigenvalue weighted by Gasteiger charge is 2.10. The molecule has 0 bridgehead atoms. The highest BCUT2D eigenvalue weighted by Crippen LogP contribution is 2.13. The number of nitrogens with zero attached hydrogens (tertiary/aromatic N) is 1. The zero-order valence-corrected chi connectivity index (χ0v) is 7.25. The van der Waals surface area contributed by atoms with Gasteiger partial charge in [-0.1, -0.05) is 11.6 Å². The Labute approximate surface area is 79.2 Å². The number of hydrogen-bond acceptors (Lipinski definition) is 4. The average molecular weight is 199 g/mol. The van der Waals surface area contributed by atoms with Gasteiger partial charge in [0.2, 0.25) is 0 Å². The second-order valence-electron chi connectivity index (χ2n) is 2.31. The van der Waals surface area contributed by atoms with Gasteiger partial charge < -0.3 is 9.90 Å². The van der Waals surface area contributed by atoms with Crippen molar-refractivity contribution in [2.45, 2.75) is 6.42 Å². The van der Waals surface area contributed by atoms with Crippen molar-refractivity contribution in [2.24, 2.45) is 0 Å². The van der Waals surface area contributed by atoms with Gasteiger partial charge in [-0.2, -0.15) is 0 Å². The number of carboxylic acids is 1. The molecular formula is C8H5ClNO3-.